The van der Waals surface area contributed by atoms with E-state index in [0.717, 1.165) is 55.3 Å². The van der Waals surface area contributed by atoms with Crippen molar-refractivity contribution in [3.63, 3.8) is 0 Å². The molecule has 2 aliphatic heterocycles. The summed E-state index contributed by atoms with van der Waals surface area (Å²) in [5.41, 5.74) is 0. The predicted octanol–water partition coefficient (Wildman–Crippen LogP) is 1.80. The first-order valence-corrected chi connectivity index (χ1v) is 10.00. The van der Waals surface area contributed by atoms with Gasteiger partial charge in [0.05, 0.1) is 17.3 Å². The number of rotatable bonds is 4. The number of thiophene rings is 1. The minimum Gasteiger partial charge on any atom is -0.338 e. The number of carbonyl (C=O) groups is 2. The van der Waals surface area contributed by atoms with Gasteiger partial charge in [-0.2, -0.15) is 0 Å². The van der Waals surface area contributed by atoms with Gasteiger partial charge in [0.2, 0.25) is 5.91 Å². The van der Waals surface area contributed by atoms with Gasteiger partial charge in [-0.05, 0) is 30.7 Å². The van der Waals surface area contributed by atoms with E-state index >= 15 is 0 Å². The number of likely N-dealkylation sites (tertiary alicyclic amines) is 1. The second-order valence-electron chi connectivity index (χ2n) is 7.05. The number of hydrogen-bond acceptors (Lipinski definition) is 5. The number of aromatic nitrogens is 3. The molecule has 1 atom stereocenters. The van der Waals surface area contributed by atoms with E-state index in [0.29, 0.717) is 13.1 Å². The molecule has 2 aromatic heterocycles. The van der Waals surface area contributed by atoms with Crippen molar-refractivity contribution < 1.29 is 9.59 Å². The fraction of sp³-hybridized carbons (Fsp3) is 0.556. The second kappa shape index (κ2) is 7.19. The van der Waals surface area contributed by atoms with Gasteiger partial charge in [-0.25, -0.2) is 0 Å². The zero-order chi connectivity index (χ0) is 18.1. The van der Waals surface area contributed by atoms with Crippen LogP contribution in [-0.2, 0) is 24.3 Å². The van der Waals surface area contributed by atoms with E-state index < -0.39 is 0 Å². The highest BCUT2D eigenvalue weighted by atomic mass is 32.1. The zero-order valence-corrected chi connectivity index (χ0v) is 15.7. The lowest BCUT2D eigenvalue weighted by molar-refractivity contribution is -0.136. The Morgan fingerprint density at radius 2 is 2.19 bits per heavy atom. The quantitative estimate of drug-likeness (QED) is 0.819. The van der Waals surface area contributed by atoms with Gasteiger partial charge in [0.1, 0.15) is 5.82 Å². The van der Waals surface area contributed by atoms with E-state index in [1.807, 2.05) is 29.5 Å². The summed E-state index contributed by atoms with van der Waals surface area (Å²) in [4.78, 5) is 29.8. The molecule has 138 valence electrons. The van der Waals surface area contributed by atoms with Crippen molar-refractivity contribution in [2.24, 2.45) is 5.92 Å². The molecule has 8 heteroatoms. The van der Waals surface area contributed by atoms with Gasteiger partial charge in [-0.15, -0.1) is 21.5 Å². The SMILES string of the molecule is CN(Cc1nnc2n1CCC2)C(=O)[C@H]1CCCN(C(=O)c2cccs2)C1. The third-order valence-electron chi connectivity index (χ3n) is 5.23. The van der Waals surface area contributed by atoms with Crippen molar-refractivity contribution in [3.05, 3.63) is 34.0 Å². The number of piperidine rings is 1. The monoisotopic (exact) mass is 373 g/mol. The molecule has 4 heterocycles. The molecular weight excluding hydrogens is 350 g/mol. The van der Waals surface area contributed by atoms with Crippen LogP contribution in [0.15, 0.2) is 17.5 Å². The van der Waals surface area contributed by atoms with E-state index in [4.69, 9.17) is 0 Å². The van der Waals surface area contributed by atoms with Crippen LogP contribution in [0, 0.1) is 5.92 Å². The number of nitrogens with zero attached hydrogens (tertiary/aromatic N) is 5. The van der Waals surface area contributed by atoms with Crippen LogP contribution in [0.2, 0.25) is 0 Å². The fourth-order valence-corrected chi connectivity index (χ4v) is 4.54. The minimum atomic E-state index is -0.140. The average Bonchev–Trinajstić information content (AvgIpc) is 3.40. The largest absolute Gasteiger partial charge is 0.338 e. The molecule has 2 aliphatic rings. The minimum absolute atomic E-state index is 0.0374. The highest BCUT2D eigenvalue weighted by Crippen LogP contribution is 2.23. The van der Waals surface area contributed by atoms with Crippen molar-refractivity contribution in [1.82, 2.24) is 24.6 Å². The summed E-state index contributed by atoms with van der Waals surface area (Å²) < 4.78 is 2.12. The summed E-state index contributed by atoms with van der Waals surface area (Å²) in [6, 6.07) is 3.73. The van der Waals surface area contributed by atoms with Crippen LogP contribution in [0.3, 0.4) is 0 Å². The van der Waals surface area contributed by atoms with Gasteiger partial charge in [0.25, 0.3) is 5.91 Å². The molecule has 0 spiro atoms. The lowest BCUT2D eigenvalue weighted by atomic mass is 9.96. The molecule has 0 aliphatic carbocycles. The first-order valence-electron chi connectivity index (χ1n) is 9.12. The van der Waals surface area contributed by atoms with Crippen LogP contribution in [0.4, 0.5) is 0 Å². The third kappa shape index (κ3) is 3.25. The van der Waals surface area contributed by atoms with E-state index in [1.54, 1.807) is 4.90 Å². The van der Waals surface area contributed by atoms with Gasteiger partial charge in [-0.1, -0.05) is 6.07 Å². The summed E-state index contributed by atoms with van der Waals surface area (Å²) in [5, 5.41) is 10.4. The van der Waals surface area contributed by atoms with E-state index in [-0.39, 0.29) is 17.7 Å². The van der Waals surface area contributed by atoms with Gasteiger partial charge >= 0.3 is 0 Å². The fourth-order valence-electron chi connectivity index (χ4n) is 3.85. The Balaban J connectivity index is 1.39. The Morgan fingerprint density at radius 3 is 3.00 bits per heavy atom. The summed E-state index contributed by atoms with van der Waals surface area (Å²) in [7, 11) is 1.82. The maximum Gasteiger partial charge on any atom is 0.263 e. The Hall–Kier alpha value is -2.22. The normalized spacial score (nSPS) is 19.4. The molecule has 0 saturated carbocycles. The standard InChI is InChI=1S/C18H23N5O2S/c1-21(12-16-20-19-15-7-3-9-23(15)16)17(24)13-5-2-8-22(11-13)18(25)14-6-4-10-26-14/h4,6,10,13H,2-3,5,7-9,11-12H2,1H3/t13-/m0/s1. The van der Waals surface area contributed by atoms with Crippen LogP contribution < -0.4 is 0 Å². The number of hydrogen-bond donors (Lipinski definition) is 0. The van der Waals surface area contributed by atoms with Gasteiger partial charge < -0.3 is 14.4 Å². The third-order valence-corrected chi connectivity index (χ3v) is 6.09. The molecule has 4 rings (SSSR count). The summed E-state index contributed by atoms with van der Waals surface area (Å²) >= 11 is 1.45. The molecule has 2 aromatic rings. The highest BCUT2D eigenvalue weighted by Gasteiger charge is 2.31. The first-order chi connectivity index (χ1) is 12.6. The molecule has 7 nitrogen and oxygen atoms in total. The highest BCUT2D eigenvalue weighted by molar-refractivity contribution is 7.12. The number of fused-ring (bicyclic) bond motifs is 1. The topological polar surface area (TPSA) is 71.3 Å². The molecule has 0 bridgehead atoms. The molecule has 26 heavy (non-hydrogen) atoms. The summed E-state index contributed by atoms with van der Waals surface area (Å²) in [6.45, 7) is 2.63. The molecular formula is C18H23N5O2S. The van der Waals surface area contributed by atoms with Gasteiger partial charge in [0, 0.05) is 33.1 Å². The van der Waals surface area contributed by atoms with E-state index in [1.165, 1.54) is 11.3 Å². The van der Waals surface area contributed by atoms with Crippen LogP contribution in [0.1, 0.15) is 40.6 Å². The van der Waals surface area contributed by atoms with Crippen molar-refractivity contribution in [3.8, 4) is 0 Å². The molecule has 0 aromatic carbocycles. The van der Waals surface area contributed by atoms with Crippen LogP contribution in [0.5, 0.6) is 0 Å². The Kier molecular flexibility index (Phi) is 4.76. The maximum atomic E-state index is 12.9. The first kappa shape index (κ1) is 17.2. The summed E-state index contributed by atoms with van der Waals surface area (Å²) in [6.07, 6.45) is 3.75. The number of carbonyl (C=O) groups excluding carboxylic acids is 2. The molecule has 2 amide bonds. The Labute approximate surface area is 156 Å². The molecule has 1 saturated heterocycles. The van der Waals surface area contributed by atoms with Gasteiger partial charge in [0.15, 0.2) is 5.82 Å². The molecule has 0 unspecified atom stereocenters. The van der Waals surface area contributed by atoms with Gasteiger partial charge in [-0.3, -0.25) is 9.59 Å². The lowest BCUT2D eigenvalue weighted by Gasteiger charge is -2.33. The molecule has 0 radical (unpaired) electrons. The smallest absolute Gasteiger partial charge is 0.263 e. The maximum absolute atomic E-state index is 12.9. The van der Waals surface area contributed by atoms with E-state index in [9.17, 15) is 9.59 Å². The number of amides is 2. The van der Waals surface area contributed by atoms with Crippen molar-refractivity contribution in [1.29, 1.82) is 0 Å². The van der Waals surface area contributed by atoms with Crippen molar-refractivity contribution in [2.45, 2.75) is 38.8 Å². The Morgan fingerprint density at radius 1 is 1.31 bits per heavy atom. The number of aryl methyl sites for hydroxylation is 1. The van der Waals surface area contributed by atoms with Crippen LogP contribution in [0.25, 0.3) is 0 Å². The zero-order valence-electron chi connectivity index (χ0n) is 14.9. The summed E-state index contributed by atoms with van der Waals surface area (Å²) in [5.74, 6) is 1.86. The molecule has 1 fully saturated rings. The van der Waals surface area contributed by atoms with Crippen LogP contribution in [-0.4, -0.2) is 56.5 Å². The van der Waals surface area contributed by atoms with E-state index in [2.05, 4.69) is 14.8 Å². The average molecular weight is 373 g/mol. The van der Waals surface area contributed by atoms with Crippen molar-refractivity contribution in [2.75, 3.05) is 20.1 Å². The predicted molar refractivity (Wildman–Crippen MR) is 97.8 cm³/mol. The van der Waals surface area contributed by atoms with Crippen LogP contribution >= 0.6 is 11.3 Å². The lowest BCUT2D eigenvalue weighted by Crippen LogP contribution is -2.45. The second-order valence-corrected chi connectivity index (χ2v) is 8.00. The van der Waals surface area contributed by atoms with Crippen molar-refractivity contribution >= 4 is 23.2 Å². The Bertz CT molecular complexity index is 801. The molecule has 0 N–H and O–H groups in total.